The van der Waals surface area contributed by atoms with Crippen LogP contribution in [0.3, 0.4) is 0 Å². The summed E-state index contributed by atoms with van der Waals surface area (Å²) in [5.41, 5.74) is -0.513. The largest absolute Gasteiger partial charge is 0.392 e. The van der Waals surface area contributed by atoms with Crippen molar-refractivity contribution in [1.82, 2.24) is 15.5 Å². The topological polar surface area (TPSA) is 87.1 Å². The van der Waals surface area contributed by atoms with Crippen molar-refractivity contribution < 1.29 is 18.7 Å². The number of aliphatic hydroxyl groups is 1. The molecule has 21 heavy (non-hydrogen) atoms. The highest BCUT2D eigenvalue weighted by molar-refractivity contribution is 7.15. The Morgan fingerprint density at radius 2 is 2.00 bits per heavy atom. The normalized spacial score (nSPS) is 13.6. The molecule has 1 heterocycles. The Bertz CT molecular complexity index is 480. The van der Waals surface area contributed by atoms with Gasteiger partial charge in [0.15, 0.2) is 5.01 Å². The summed E-state index contributed by atoms with van der Waals surface area (Å²) < 4.78 is 24.7. The Hall–Kier alpha value is -1.35. The second-order valence-electron chi connectivity index (χ2n) is 5.73. The van der Waals surface area contributed by atoms with E-state index in [-0.39, 0.29) is 17.6 Å². The number of nitrogens with one attached hydrogen (secondary N) is 2. The minimum atomic E-state index is -2.71. The van der Waals surface area contributed by atoms with Crippen LogP contribution >= 0.6 is 11.3 Å². The zero-order chi connectivity index (χ0) is 16.2. The second kappa shape index (κ2) is 7.08. The minimum absolute atomic E-state index is 0.00464. The SMILES string of the molecule is CC(C)C(O)C(C)(C)CNC(=O)Nc1nnc(C(F)F)s1. The third-order valence-corrected chi connectivity index (χ3v) is 3.83. The van der Waals surface area contributed by atoms with Gasteiger partial charge in [0.1, 0.15) is 0 Å². The predicted octanol–water partition coefficient (Wildman–Crippen LogP) is 2.64. The number of hydrogen-bond donors (Lipinski definition) is 3. The Kier molecular flexibility index (Phi) is 5.97. The smallest absolute Gasteiger partial charge is 0.321 e. The zero-order valence-corrected chi connectivity index (χ0v) is 13.2. The summed E-state index contributed by atoms with van der Waals surface area (Å²) in [6.45, 7) is 7.67. The van der Waals surface area contributed by atoms with Gasteiger partial charge in [-0.1, -0.05) is 39.0 Å². The van der Waals surface area contributed by atoms with E-state index in [1.165, 1.54) is 0 Å². The number of alkyl halides is 2. The minimum Gasteiger partial charge on any atom is -0.392 e. The van der Waals surface area contributed by atoms with E-state index in [0.29, 0.717) is 11.3 Å². The number of hydrogen-bond acceptors (Lipinski definition) is 5. The fraction of sp³-hybridized carbons (Fsp3) is 0.750. The summed E-state index contributed by atoms with van der Waals surface area (Å²) in [6, 6.07) is -0.573. The van der Waals surface area contributed by atoms with Crippen LogP contribution in [0.2, 0.25) is 0 Å². The van der Waals surface area contributed by atoms with E-state index < -0.39 is 29.0 Å². The molecular formula is C12H20F2N4O2S. The summed E-state index contributed by atoms with van der Waals surface area (Å²) in [6.07, 6.45) is -3.29. The number of halogens is 2. The molecular weight excluding hydrogens is 302 g/mol. The lowest BCUT2D eigenvalue weighted by Crippen LogP contribution is -2.44. The van der Waals surface area contributed by atoms with E-state index in [9.17, 15) is 18.7 Å². The third kappa shape index (κ3) is 5.16. The van der Waals surface area contributed by atoms with E-state index in [4.69, 9.17) is 0 Å². The Labute approximate surface area is 126 Å². The molecule has 0 saturated heterocycles. The van der Waals surface area contributed by atoms with E-state index in [2.05, 4.69) is 20.8 Å². The van der Waals surface area contributed by atoms with E-state index in [0.717, 1.165) is 0 Å². The Morgan fingerprint density at radius 3 is 2.48 bits per heavy atom. The first-order chi connectivity index (χ1) is 9.63. The molecule has 9 heteroatoms. The molecule has 1 aromatic rings. The fourth-order valence-electron chi connectivity index (χ4n) is 1.83. The van der Waals surface area contributed by atoms with Crippen LogP contribution in [0.25, 0.3) is 0 Å². The molecule has 0 aromatic carbocycles. The first-order valence-corrected chi connectivity index (χ1v) is 7.29. The second-order valence-corrected chi connectivity index (χ2v) is 6.74. The van der Waals surface area contributed by atoms with Crippen molar-refractivity contribution in [3.8, 4) is 0 Å². The van der Waals surface area contributed by atoms with Crippen LogP contribution < -0.4 is 10.6 Å². The molecule has 0 saturated carbocycles. The van der Waals surface area contributed by atoms with Gasteiger partial charge in [-0.05, 0) is 5.92 Å². The van der Waals surface area contributed by atoms with Crippen molar-refractivity contribution in [1.29, 1.82) is 0 Å². The van der Waals surface area contributed by atoms with Gasteiger partial charge in [0.05, 0.1) is 6.10 Å². The number of nitrogens with zero attached hydrogens (tertiary/aromatic N) is 2. The van der Waals surface area contributed by atoms with Gasteiger partial charge in [-0.3, -0.25) is 5.32 Å². The van der Waals surface area contributed by atoms with Crippen LogP contribution in [0.4, 0.5) is 18.7 Å². The van der Waals surface area contributed by atoms with Crippen LogP contribution in [-0.2, 0) is 0 Å². The molecule has 1 atom stereocenters. The first-order valence-electron chi connectivity index (χ1n) is 6.48. The third-order valence-electron chi connectivity index (χ3n) is 2.98. The van der Waals surface area contributed by atoms with Crippen LogP contribution in [0, 0.1) is 11.3 Å². The Balaban J connectivity index is 2.50. The fourth-order valence-corrected chi connectivity index (χ4v) is 2.42. The number of rotatable bonds is 6. The van der Waals surface area contributed by atoms with E-state index >= 15 is 0 Å². The van der Waals surface area contributed by atoms with Gasteiger partial charge in [-0.15, -0.1) is 10.2 Å². The maximum atomic E-state index is 12.3. The molecule has 2 amide bonds. The van der Waals surface area contributed by atoms with Gasteiger partial charge in [-0.25, -0.2) is 13.6 Å². The highest BCUT2D eigenvalue weighted by Gasteiger charge is 2.30. The molecule has 1 aromatic heterocycles. The molecule has 0 aliphatic carbocycles. The molecule has 1 rings (SSSR count). The highest BCUT2D eigenvalue weighted by atomic mass is 32.1. The maximum absolute atomic E-state index is 12.3. The number of aromatic nitrogens is 2. The van der Waals surface area contributed by atoms with Gasteiger partial charge in [0.2, 0.25) is 5.13 Å². The van der Waals surface area contributed by atoms with Gasteiger partial charge >= 0.3 is 6.03 Å². The number of anilines is 1. The standard InChI is InChI=1S/C12H20F2N4O2S/c1-6(2)7(19)12(3,4)5-15-10(20)16-11-18-17-9(21-11)8(13)14/h6-8,19H,5H2,1-4H3,(H2,15,16,18,20). The van der Waals surface area contributed by atoms with Crippen molar-refractivity contribution in [2.45, 2.75) is 40.2 Å². The lowest BCUT2D eigenvalue weighted by Gasteiger charge is -2.33. The van der Waals surface area contributed by atoms with Gasteiger partial charge in [0.25, 0.3) is 6.43 Å². The average molecular weight is 322 g/mol. The van der Waals surface area contributed by atoms with E-state index in [1.807, 2.05) is 27.7 Å². The van der Waals surface area contributed by atoms with Crippen LogP contribution in [0.5, 0.6) is 0 Å². The maximum Gasteiger partial charge on any atom is 0.321 e. The van der Waals surface area contributed by atoms with Crippen molar-refractivity contribution in [3.63, 3.8) is 0 Å². The molecule has 0 radical (unpaired) electrons. The van der Waals surface area contributed by atoms with Crippen molar-refractivity contribution in [2.24, 2.45) is 11.3 Å². The monoisotopic (exact) mass is 322 g/mol. The summed E-state index contributed by atoms with van der Waals surface area (Å²) >= 11 is 0.620. The quantitative estimate of drug-likeness (QED) is 0.751. The molecule has 0 bridgehead atoms. The average Bonchev–Trinajstić information content (AvgIpc) is 2.84. The predicted molar refractivity (Wildman–Crippen MR) is 76.5 cm³/mol. The molecule has 120 valence electrons. The number of carbonyl (C=O) groups is 1. The van der Waals surface area contributed by atoms with Crippen molar-refractivity contribution >= 4 is 22.5 Å². The summed E-state index contributed by atoms with van der Waals surface area (Å²) in [5.74, 6) is 0.0571. The first kappa shape index (κ1) is 17.7. The summed E-state index contributed by atoms with van der Waals surface area (Å²) in [7, 11) is 0. The molecule has 0 fully saturated rings. The number of urea groups is 1. The van der Waals surface area contributed by atoms with Crippen LogP contribution in [-0.4, -0.2) is 34.0 Å². The van der Waals surface area contributed by atoms with Crippen LogP contribution in [0.1, 0.15) is 39.1 Å². The van der Waals surface area contributed by atoms with E-state index in [1.54, 1.807) is 0 Å². The van der Waals surface area contributed by atoms with Gasteiger partial charge < -0.3 is 10.4 Å². The van der Waals surface area contributed by atoms with Crippen LogP contribution in [0.15, 0.2) is 0 Å². The molecule has 6 nitrogen and oxygen atoms in total. The molecule has 0 spiro atoms. The summed E-state index contributed by atoms with van der Waals surface area (Å²) in [4.78, 5) is 11.7. The molecule has 0 aliphatic heterocycles. The lowest BCUT2D eigenvalue weighted by molar-refractivity contribution is 0.0154. The molecule has 1 unspecified atom stereocenters. The Morgan fingerprint density at radius 1 is 1.38 bits per heavy atom. The number of amides is 2. The molecule has 0 aliphatic rings. The number of aliphatic hydroxyl groups excluding tert-OH is 1. The van der Waals surface area contributed by atoms with Crippen molar-refractivity contribution in [3.05, 3.63) is 5.01 Å². The lowest BCUT2D eigenvalue weighted by atomic mass is 9.81. The van der Waals surface area contributed by atoms with Crippen molar-refractivity contribution in [2.75, 3.05) is 11.9 Å². The zero-order valence-electron chi connectivity index (χ0n) is 12.4. The number of carbonyl (C=O) groups excluding carboxylic acids is 1. The summed E-state index contributed by atoms with van der Waals surface area (Å²) in [5, 5.41) is 21.2. The molecule has 3 N–H and O–H groups in total. The van der Waals surface area contributed by atoms with Gasteiger partial charge in [-0.2, -0.15) is 0 Å². The highest BCUT2D eigenvalue weighted by Crippen LogP contribution is 2.26. The van der Waals surface area contributed by atoms with Gasteiger partial charge in [0, 0.05) is 12.0 Å².